The second kappa shape index (κ2) is 6.36. The number of hydrogen-bond donors (Lipinski definition) is 1. The van der Waals surface area contributed by atoms with Crippen molar-refractivity contribution in [1.82, 2.24) is 0 Å². The lowest BCUT2D eigenvalue weighted by Gasteiger charge is -2.14. The fourth-order valence-electron chi connectivity index (χ4n) is 1.96. The lowest BCUT2D eigenvalue weighted by atomic mass is 10.1. The van der Waals surface area contributed by atoms with Crippen molar-refractivity contribution in [2.75, 3.05) is 11.8 Å². The average molecular weight is 360 g/mol. The van der Waals surface area contributed by atoms with Crippen molar-refractivity contribution in [3.05, 3.63) is 51.5 Å². The van der Waals surface area contributed by atoms with Crippen LogP contribution in [0.2, 0.25) is 10.0 Å². The highest BCUT2D eigenvalue weighted by molar-refractivity contribution is 7.92. The molecule has 7 heteroatoms. The molecule has 2 aromatic carbocycles. The first kappa shape index (κ1) is 16.9. The molecule has 2 rings (SSSR count). The Labute approximate surface area is 140 Å². The van der Waals surface area contributed by atoms with E-state index in [0.29, 0.717) is 10.0 Å². The summed E-state index contributed by atoms with van der Waals surface area (Å²) in [7, 11) is -2.39. The van der Waals surface area contributed by atoms with Gasteiger partial charge >= 0.3 is 0 Å². The van der Waals surface area contributed by atoms with E-state index in [-0.39, 0.29) is 16.3 Å². The Hall–Kier alpha value is -1.43. The number of nitrogens with one attached hydrogen (secondary N) is 1. The Morgan fingerprint density at radius 3 is 2.05 bits per heavy atom. The van der Waals surface area contributed by atoms with Gasteiger partial charge in [0.25, 0.3) is 10.0 Å². The zero-order valence-electron chi connectivity index (χ0n) is 12.3. The number of hydrogen-bond acceptors (Lipinski definition) is 3. The fourth-order valence-corrected chi connectivity index (χ4v) is 3.76. The van der Waals surface area contributed by atoms with Crippen LogP contribution >= 0.6 is 23.2 Å². The standard InChI is InChI=1S/C15H15Cl2NO3S/c1-9-4-14(21-3)15(5-10(9)2)22(19,20)18-13-7-11(16)6-12(17)8-13/h4-8,18H,1-3H3. The van der Waals surface area contributed by atoms with Gasteiger partial charge in [0.05, 0.1) is 12.8 Å². The van der Waals surface area contributed by atoms with Gasteiger partial charge in [0, 0.05) is 10.0 Å². The molecule has 0 spiro atoms. The number of ether oxygens (including phenoxy) is 1. The lowest BCUT2D eigenvalue weighted by molar-refractivity contribution is 0.402. The lowest BCUT2D eigenvalue weighted by Crippen LogP contribution is -2.14. The van der Waals surface area contributed by atoms with E-state index < -0.39 is 10.0 Å². The highest BCUT2D eigenvalue weighted by atomic mass is 35.5. The van der Waals surface area contributed by atoms with Crippen LogP contribution in [-0.4, -0.2) is 15.5 Å². The number of methoxy groups -OCH3 is 1. The van der Waals surface area contributed by atoms with E-state index in [1.54, 1.807) is 12.1 Å². The number of sulfonamides is 1. The van der Waals surface area contributed by atoms with E-state index in [1.807, 2.05) is 13.8 Å². The van der Waals surface area contributed by atoms with Crippen molar-refractivity contribution < 1.29 is 13.2 Å². The van der Waals surface area contributed by atoms with Gasteiger partial charge in [-0.3, -0.25) is 4.72 Å². The summed E-state index contributed by atoms with van der Waals surface area (Å²) in [5, 5.41) is 0.689. The van der Waals surface area contributed by atoms with Crippen LogP contribution in [0.1, 0.15) is 11.1 Å². The van der Waals surface area contributed by atoms with Crippen molar-refractivity contribution in [2.24, 2.45) is 0 Å². The molecule has 0 amide bonds. The second-order valence-corrected chi connectivity index (χ2v) is 7.37. The van der Waals surface area contributed by atoms with Gasteiger partial charge in [0.2, 0.25) is 0 Å². The smallest absolute Gasteiger partial charge is 0.265 e. The van der Waals surface area contributed by atoms with Crippen LogP contribution < -0.4 is 9.46 Å². The molecule has 0 aliphatic carbocycles. The summed E-state index contributed by atoms with van der Waals surface area (Å²) in [6, 6.07) is 7.76. The van der Waals surface area contributed by atoms with E-state index >= 15 is 0 Å². The zero-order valence-corrected chi connectivity index (χ0v) is 14.6. The minimum atomic E-state index is -3.82. The quantitative estimate of drug-likeness (QED) is 0.878. The van der Waals surface area contributed by atoms with Crippen molar-refractivity contribution in [1.29, 1.82) is 0 Å². The van der Waals surface area contributed by atoms with Gasteiger partial charge in [0.1, 0.15) is 10.6 Å². The maximum Gasteiger partial charge on any atom is 0.265 e. The van der Waals surface area contributed by atoms with E-state index in [4.69, 9.17) is 27.9 Å². The summed E-state index contributed by atoms with van der Waals surface area (Å²) in [5.74, 6) is 0.281. The van der Waals surface area contributed by atoms with Gasteiger partial charge in [-0.05, 0) is 55.3 Å². The molecule has 0 aliphatic rings. The average Bonchev–Trinajstić information content (AvgIpc) is 2.39. The van der Waals surface area contributed by atoms with E-state index in [0.717, 1.165) is 11.1 Å². The Kier molecular flexibility index (Phi) is 4.90. The molecular formula is C15H15Cl2NO3S. The molecule has 0 saturated carbocycles. The Morgan fingerprint density at radius 1 is 0.955 bits per heavy atom. The normalized spacial score (nSPS) is 11.3. The molecular weight excluding hydrogens is 345 g/mol. The third-order valence-corrected chi connectivity index (χ3v) is 5.02. The van der Waals surface area contributed by atoms with Crippen molar-refractivity contribution in [3.8, 4) is 5.75 Å². The first-order chi connectivity index (χ1) is 10.2. The van der Waals surface area contributed by atoms with E-state index in [9.17, 15) is 8.42 Å². The highest BCUT2D eigenvalue weighted by Crippen LogP contribution is 2.30. The number of anilines is 1. The summed E-state index contributed by atoms with van der Waals surface area (Å²) in [6.45, 7) is 3.72. The van der Waals surface area contributed by atoms with Crippen LogP contribution in [0.4, 0.5) is 5.69 Å². The molecule has 0 radical (unpaired) electrons. The molecule has 2 aromatic rings. The molecule has 0 atom stereocenters. The fraction of sp³-hybridized carbons (Fsp3) is 0.200. The van der Waals surface area contributed by atoms with Crippen molar-refractivity contribution >= 4 is 38.9 Å². The third kappa shape index (κ3) is 3.66. The number of halogens is 2. The molecule has 0 heterocycles. The van der Waals surface area contributed by atoms with Crippen molar-refractivity contribution in [3.63, 3.8) is 0 Å². The second-order valence-electron chi connectivity index (χ2n) is 4.85. The van der Waals surface area contributed by atoms with Crippen LogP contribution in [0.5, 0.6) is 5.75 Å². The molecule has 0 unspecified atom stereocenters. The number of rotatable bonds is 4. The molecule has 118 valence electrons. The number of benzene rings is 2. The number of aryl methyl sites for hydroxylation is 2. The maximum atomic E-state index is 12.6. The SMILES string of the molecule is COc1cc(C)c(C)cc1S(=O)(=O)Nc1cc(Cl)cc(Cl)c1. The van der Waals surface area contributed by atoms with Crippen molar-refractivity contribution in [2.45, 2.75) is 18.7 Å². The van der Waals surface area contributed by atoms with Gasteiger partial charge in [0.15, 0.2) is 0 Å². The molecule has 1 N–H and O–H groups in total. The van der Waals surface area contributed by atoms with Crippen LogP contribution in [-0.2, 0) is 10.0 Å². The minimum Gasteiger partial charge on any atom is -0.495 e. The van der Waals surface area contributed by atoms with Gasteiger partial charge in [-0.25, -0.2) is 8.42 Å². The predicted octanol–water partition coefficient (Wildman–Crippen LogP) is 4.42. The topological polar surface area (TPSA) is 55.4 Å². The molecule has 0 aromatic heterocycles. The van der Waals surface area contributed by atoms with Gasteiger partial charge < -0.3 is 4.74 Å². The molecule has 4 nitrogen and oxygen atoms in total. The highest BCUT2D eigenvalue weighted by Gasteiger charge is 2.21. The molecule has 0 bridgehead atoms. The summed E-state index contributed by atoms with van der Waals surface area (Å²) in [6.07, 6.45) is 0. The Bertz CT molecular complexity index is 800. The summed E-state index contributed by atoms with van der Waals surface area (Å²) >= 11 is 11.8. The van der Waals surface area contributed by atoms with Gasteiger partial charge in [-0.15, -0.1) is 0 Å². The predicted molar refractivity (Wildman–Crippen MR) is 89.7 cm³/mol. The molecule has 0 saturated heterocycles. The van der Waals surface area contributed by atoms with Gasteiger partial charge in [-0.1, -0.05) is 23.2 Å². The first-order valence-electron chi connectivity index (χ1n) is 6.37. The molecule has 0 fully saturated rings. The van der Waals surface area contributed by atoms with Crippen LogP contribution in [0.15, 0.2) is 35.2 Å². The maximum absolute atomic E-state index is 12.6. The van der Waals surface area contributed by atoms with E-state index in [2.05, 4.69) is 4.72 Å². The summed E-state index contributed by atoms with van der Waals surface area (Å²) < 4.78 is 32.8. The van der Waals surface area contributed by atoms with Crippen LogP contribution in [0.25, 0.3) is 0 Å². The summed E-state index contributed by atoms with van der Waals surface area (Å²) in [5.41, 5.74) is 2.09. The Morgan fingerprint density at radius 2 is 1.50 bits per heavy atom. The first-order valence-corrected chi connectivity index (χ1v) is 8.61. The summed E-state index contributed by atoms with van der Waals surface area (Å²) in [4.78, 5) is 0.0641. The third-order valence-electron chi connectivity index (χ3n) is 3.18. The van der Waals surface area contributed by atoms with Crippen LogP contribution in [0.3, 0.4) is 0 Å². The van der Waals surface area contributed by atoms with Crippen LogP contribution in [0, 0.1) is 13.8 Å². The van der Waals surface area contributed by atoms with Gasteiger partial charge in [-0.2, -0.15) is 0 Å². The Balaban J connectivity index is 2.49. The molecule has 22 heavy (non-hydrogen) atoms. The minimum absolute atomic E-state index is 0.0641. The van der Waals surface area contributed by atoms with E-state index in [1.165, 1.54) is 25.3 Å². The largest absolute Gasteiger partial charge is 0.495 e. The monoisotopic (exact) mass is 359 g/mol. The molecule has 0 aliphatic heterocycles. The zero-order chi connectivity index (χ0) is 16.5.